The van der Waals surface area contributed by atoms with Crippen molar-refractivity contribution in [2.45, 2.75) is 59.3 Å². The van der Waals surface area contributed by atoms with Gasteiger partial charge in [0.05, 0.1) is 0 Å². The molecule has 6 atom stereocenters. The van der Waals surface area contributed by atoms with Gasteiger partial charge in [-0.2, -0.15) is 0 Å². The molecule has 2 aliphatic heterocycles. The van der Waals surface area contributed by atoms with Crippen LogP contribution >= 0.6 is 0 Å². The summed E-state index contributed by atoms with van der Waals surface area (Å²) in [4.78, 5) is 12.3. The molecule has 6 heteroatoms. The van der Waals surface area contributed by atoms with Crippen LogP contribution in [0.1, 0.15) is 59.3 Å². The van der Waals surface area contributed by atoms with Gasteiger partial charge in [0.25, 0.3) is 0 Å². The highest BCUT2D eigenvalue weighted by Gasteiger charge is 2.42. The smallest absolute Gasteiger partial charge is 0.208 e. The van der Waals surface area contributed by atoms with Crippen LogP contribution in [0.3, 0.4) is 0 Å². The third kappa shape index (κ3) is 4.07. The maximum Gasteiger partial charge on any atom is 0.208 e. The van der Waals surface area contributed by atoms with E-state index in [1.165, 1.54) is 12.1 Å². The van der Waals surface area contributed by atoms with Crippen LogP contribution in [0.15, 0.2) is 11.8 Å². The van der Waals surface area contributed by atoms with E-state index in [2.05, 4.69) is 29.9 Å². The van der Waals surface area contributed by atoms with E-state index in [4.69, 9.17) is 0 Å². The van der Waals surface area contributed by atoms with E-state index in [1.807, 2.05) is 6.92 Å². The summed E-state index contributed by atoms with van der Waals surface area (Å²) >= 11 is -2.61. The van der Waals surface area contributed by atoms with E-state index in [1.54, 1.807) is 0 Å². The van der Waals surface area contributed by atoms with Crippen molar-refractivity contribution in [3.05, 3.63) is 11.8 Å². The number of nitrogens with zero attached hydrogens (tertiary/aromatic N) is 2. The molecule has 0 radical (unpaired) electrons. The molecule has 3 rings (SSSR count). The first-order chi connectivity index (χ1) is 12.4. The van der Waals surface area contributed by atoms with Crippen LogP contribution in [0.5, 0.6) is 0 Å². The predicted octanol–water partition coefficient (Wildman–Crippen LogP) is 3.32. The van der Waals surface area contributed by atoms with Crippen molar-refractivity contribution in [1.29, 1.82) is 0 Å². The van der Waals surface area contributed by atoms with Gasteiger partial charge in [0.2, 0.25) is 5.12 Å². The summed E-state index contributed by atoms with van der Waals surface area (Å²) in [5, 5.41) is 4.42. The number of allylic oxidation sites excluding steroid dienone is 2. The van der Waals surface area contributed by atoms with Crippen molar-refractivity contribution in [2.24, 2.45) is 29.6 Å². The molecule has 1 aliphatic carbocycles. The Morgan fingerprint density at radius 3 is 2.62 bits per heavy atom. The maximum atomic E-state index is 12.3. The second-order valence-corrected chi connectivity index (χ2v) is 9.50. The Bertz CT molecular complexity index is 569. The molecule has 0 aromatic carbocycles. The Balaban J connectivity index is 1.82. The van der Waals surface area contributed by atoms with Crippen molar-refractivity contribution < 1.29 is 13.6 Å². The highest BCUT2D eigenvalue weighted by molar-refractivity contribution is 7.95. The van der Waals surface area contributed by atoms with Crippen LogP contribution in [-0.2, 0) is 15.9 Å². The predicted molar refractivity (Wildman–Crippen MR) is 102 cm³/mol. The van der Waals surface area contributed by atoms with Crippen LogP contribution in [0.25, 0.3) is 0 Å². The van der Waals surface area contributed by atoms with Crippen molar-refractivity contribution in [3.63, 3.8) is 0 Å². The van der Waals surface area contributed by atoms with Crippen molar-refractivity contribution in [1.82, 2.24) is 10.0 Å². The topological polar surface area (TPSA) is 63.7 Å². The summed E-state index contributed by atoms with van der Waals surface area (Å²) in [6, 6.07) is 0. The Morgan fingerprint density at radius 1 is 1.31 bits per heavy atom. The zero-order valence-electron chi connectivity index (χ0n) is 16.4. The van der Waals surface area contributed by atoms with Crippen molar-refractivity contribution in [2.75, 3.05) is 19.6 Å². The van der Waals surface area contributed by atoms with Crippen molar-refractivity contribution >= 4 is 16.2 Å². The van der Waals surface area contributed by atoms with E-state index in [9.17, 15) is 13.6 Å². The molecule has 5 nitrogen and oxygen atoms in total. The van der Waals surface area contributed by atoms with Gasteiger partial charge in [0, 0.05) is 48.2 Å². The second kappa shape index (κ2) is 8.53. The number of piperidine rings is 2. The molecule has 0 aromatic heterocycles. The van der Waals surface area contributed by atoms with Gasteiger partial charge in [-0.05, 0) is 56.3 Å². The Morgan fingerprint density at radius 2 is 2.00 bits per heavy atom. The molecular weight excluding hydrogens is 348 g/mol. The highest BCUT2D eigenvalue weighted by atomic mass is 32.2. The number of hydrogen-bond acceptors (Lipinski definition) is 5. The molecule has 2 fully saturated rings. The first-order valence-electron chi connectivity index (χ1n) is 10.3. The third-order valence-corrected chi connectivity index (χ3v) is 7.19. The Hall–Kier alpha value is -0.720. The molecule has 148 valence electrons. The minimum Gasteiger partial charge on any atom is -0.766 e. The van der Waals surface area contributed by atoms with Gasteiger partial charge in [-0.3, -0.25) is 9.00 Å². The Kier molecular flexibility index (Phi) is 6.57. The molecule has 0 aromatic rings. The molecule has 0 N–H and O–H groups in total. The van der Waals surface area contributed by atoms with E-state index in [0.29, 0.717) is 24.2 Å². The number of rotatable bonds is 4. The summed E-state index contributed by atoms with van der Waals surface area (Å²) in [7, 11) is 0. The number of fused-ring (bicyclic) bond motifs is 1. The first-order valence-corrected chi connectivity index (χ1v) is 11.3. The zero-order chi connectivity index (χ0) is 18.8. The minimum atomic E-state index is -2.61. The minimum absolute atomic E-state index is 0.160. The lowest BCUT2D eigenvalue weighted by atomic mass is 9.71. The lowest BCUT2D eigenvalue weighted by Gasteiger charge is -2.52. The third-order valence-electron chi connectivity index (χ3n) is 6.56. The summed E-state index contributed by atoms with van der Waals surface area (Å²) in [6.45, 7) is 9.71. The number of carbonyl (C=O) groups is 1. The molecule has 0 saturated carbocycles. The largest absolute Gasteiger partial charge is 0.766 e. The van der Waals surface area contributed by atoms with Crippen molar-refractivity contribution in [3.8, 4) is 0 Å². The summed E-state index contributed by atoms with van der Waals surface area (Å²) in [5.74, 6) is 1.52. The number of hydrogen-bond donors (Lipinski definition) is 0. The van der Waals surface area contributed by atoms with Crippen LogP contribution < -0.4 is 0 Å². The van der Waals surface area contributed by atoms with E-state index >= 15 is 0 Å². The van der Waals surface area contributed by atoms with Crippen LogP contribution in [0, 0.1) is 29.6 Å². The SMILES string of the molecule is CCC(C(=O)S(=O)[O-])C1CCN(N2CC(C)CC(C)C2)C2=CCCCC21. The fraction of sp³-hybridized carbons (Fsp3) is 0.850. The van der Waals surface area contributed by atoms with Gasteiger partial charge < -0.3 is 9.56 Å². The van der Waals surface area contributed by atoms with Gasteiger partial charge >= 0.3 is 0 Å². The monoisotopic (exact) mass is 381 g/mol. The second-order valence-electron chi connectivity index (χ2n) is 8.63. The molecule has 0 spiro atoms. The molecule has 2 saturated heterocycles. The van der Waals surface area contributed by atoms with Crippen LogP contribution in [0.2, 0.25) is 0 Å². The van der Waals surface area contributed by atoms with E-state index < -0.39 is 16.2 Å². The molecule has 26 heavy (non-hydrogen) atoms. The lowest BCUT2D eigenvalue weighted by molar-refractivity contribution is -0.120. The van der Waals surface area contributed by atoms with Gasteiger partial charge in [-0.25, -0.2) is 5.01 Å². The van der Waals surface area contributed by atoms with Gasteiger partial charge in [0.15, 0.2) is 0 Å². The molecule has 0 amide bonds. The van der Waals surface area contributed by atoms with Gasteiger partial charge in [-0.15, -0.1) is 0 Å². The normalized spacial score (nSPS) is 35.4. The van der Waals surface area contributed by atoms with Gasteiger partial charge in [-0.1, -0.05) is 26.8 Å². The highest BCUT2D eigenvalue weighted by Crippen LogP contribution is 2.44. The fourth-order valence-corrected chi connectivity index (χ4v) is 6.19. The zero-order valence-corrected chi connectivity index (χ0v) is 17.2. The van der Waals surface area contributed by atoms with Gasteiger partial charge in [0.1, 0.15) is 0 Å². The molecule has 2 heterocycles. The van der Waals surface area contributed by atoms with Crippen LogP contribution in [-0.4, -0.2) is 43.5 Å². The summed E-state index contributed by atoms with van der Waals surface area (Å²) < 4.78 is 22.6. The van der Waals surface area contributed by atoms with E-state index in [0.717, 1.165) is 45.3 Å². The first kappa shape index (κ1) is 20.0. The molecule has 0 bridgehead atoms. The molecule has 3 aliphatic rings. The number of carbonyl (C=O) groups excluding carboxylic acids is 1. The fourth-order valence-electron chi connectivity index (χ4n) is 5.60. The maximum absolute atomic E-state index is 12.3. The summed E-state index contributed by atoms with van der Waals surface area (Å²) in [6.07, 6.45) is 8.46. The average molecular weight is 382 g/mol. The quantitative estimate of drug-likeness (QED) is 0.699. The molecule has 6 unspecified atom stereocenters. The standard InChI is InChI=1S/C20H34N2O3S/c1-4-16(20(23)26(24)25)17-9-10-22(19-8-6-5-7-18(17)19)21-12-14(2)11-15(3)13-21/h8,14-18H,4-7,9-13H2,1-3H3,(H,24,25)/p-1. The summed E-state index contributed by atoms with van der Waals surface area (Å²) in [5.41, 5.74) is 1.36. The number of hydrazine groups is 1. The lowest BCUT2D eigenvalue weighted by Crippen LogP contribution is -2.55. The Labute approximate surface area is 160 Å². The molecular formula is C20H33N2O3S-. The van der Waals surface area contributed by atoms with E-state index in [-0.39, 0.29) is 11.8 Å². The van der Waals surface area contributed by atoms with Crippen LogP contribution in [0.4, 0.5) is 0 Å². The average Bonchev–Trinajstić information content (AvgIpc) is 2.61.